The Hall–Kier alpha value is -3.78. The molecule has 2 aromatic carbocycles. The summed E-state index contributed by atoms with van der Waals surface area (Å²) in [6.45, 7) is 5.74. The van der Waals surface area contributed by atoms with Crippen LogP contribution >= 0.6 is 11.3 Å². The summed E-state index contributed by atoms with van der Waals surface area (Å²) in [5.41, 5.74) is 4.73. The number of para-hydroxylation sites is 1. The molecule has 0 bridgehead atoms. The number of thiazole rings is 1. The van der Waals surface area contributed by atoms with Crippen LogP contribution in [0.3, 0.4) is 0 Å². The van der Waals surface area contributed by atoms with Crippen LogP contribution in [0.1, 0.15) is 23.7 Å². The summed E-state index contributed by atoms with van der Waals surface area (Å²) in [5, 5.41) is 3.22. The molecule has 0 spiro atoms. The Morgan fingerprint density at radius 2 is 2.00 bits per heavy atom. The van der Waals surface area contributed by atoms with E-state index in [1.807, 2.05) is 61.7 Å². The highest BCUT2D eigenvalue weighted by Crippen LogP contribution is 2.32. The first-order valence-electron chi connectivity index (χ1n) is 10.1. The molecule has 5 rings (SSSR count). The van der Waals surface area contributed by atoms with Gasteiger partial charge in [0.15, 0.2) is 5.13 Å². The van der Waals surface area contributed by atoms with E-state index in [-0.39, 0.29) is 23.6 Å². The first-order chi connectivity index (χ1) is 15.4. The summed E-state index contributed by atoms with van der Waals surface area (Å²) in [4.78, 5) is 36.1. The van der Waals surface area contributed by atoms with Crippen molar-refractivity contribution in [3.63, 3.8) is 0 Å². The Morgan fingerprint density at radius 1 is 1.19 bits per heavy atom. The normalized spacial score (nSPS) is 11.3. The number of fused-ring (bicyclic) bond motifs is 3. The topological polar surface area (TPSA) is 81.2 Å². The van der Waals surface area contributed by atoms with Crippen LogP contribution in [0.4, 0.5) is 10.8 Å². The zero-order valence-corrected chi connectivity index (χ0v) is 18.6. The van der Waals surface area contributed by atoms with E-state index < -0.39 is 0 Å². The van der Waals surface area contributed by atoms with Gasteiger partial charge in [0.2, 0.25) is 11.5 Å². The SMILES string of the molecule is CC(=O)N(c1nc(Cn2cnc3c(oc4ccccc43)c2=O)cs1)c1ccc(C)cc1C. The first-order valence-corrected chi connectivity index (χ1v) is 11.0. The van der Waals surface area contributed by atoms with Gasteiger partial charge in [0.25, 0.3) is 5.56 Å². The van der Waals surface area contributed by atoms with E-state index in [1.54, 1.807) is 4.90 Å². The van der Waals surface area contributed by atoms with Gasteiger partial charge in [-0.3, -0.25) is 19.1 Å². The molecule has 0 radical (unpaired) electrons. The van der Waals surface area contributed by atoms with Gasteiger partial charge in [-0.05, 0) is 37.6 Å². The summed E-state index contributed by atoms with van der Waals surface area (Å²) in [5.74, 6) is -0.125. The molecular weight excluding hydrogens is 424 g/mol. The Morgan fingerprint density at radius 3 is 2.78 bits per heavy atom. The molecule has 0 saturated carbocycles. The minimum Gasteiger partial charge on any atom is -0.448 e. The predicted molar refractivity (Wildman–Crippen MR) is 126 cm³/mol. The van der Waals surface area contributed by atoms with Gasteiger partial charge in [-0.25, -0.2) is 9.97 Å². The minimum absolute atomic E-state index is 0.125. The zero-order valence-electron chi connectivity index (χ0n) is 17.8. The van der Waals surface area contributed by atoms with Crippen LogP contribution in [-0.4, -0.2) is 20.4 Å². The maximum atomic E-state index is 13.0. The van der Waals surface area contributed by atoms with Crippen molar-refractivity contribution in [1.29, 1.82) is 0 Å². The maximum Gasteiger partial charge on any atom is 0.297 e. The lowest BCUT2D eigenvalue weighted by Crippen LogP contribution is -2.24. The number of amides is 1. The number of hydrogen-bond acceptors (Lipinski definition) is 6. The summed E-state index contributed by atoms with van der Waals surface area (Å²) >= 11 is 1.36. The third-order valence-electron chi connectivity index (χ3n) is 5.32. The van der Waals surface area contributed by atoms with Gasteiger partial charge in [-0.2, -0.15) is 0 Å². The second kappa shape index (κ2) is 7.72. The molecule has 3 aromatic heterocycles. The number of rotatable bonds is 4. The standard InChI is InChI=1S/C24H20N4O3S/c1-14-8-9-19(15(2)10-14)28(16(3)29)24-26-17(12-32-24)11-27-13-25-21-18-6-4-5-7-20(18)31-22(21)23(27)30/h4-10,12-13H,11H2,1-3H3. The molecular formula is C24H20N4O3S. The second-order valence-corrected chi connectivity index (χ2v) is 8.56. The number of hydrogen-bond donors (Lipinski definition) is 0. The fraction of sp³-hybridized carbons (Fsp3) is 0.167. The quantitative estimate of drug-likeness (QED) is 0.392. The van der Waals surface area contributed by atoms with Crippen molar-refractivity contribution in [2.45, 2.75) is 27.3 Å². The molecule has 1 amide bonds. The minimum atomic E-state index is -0.265. The van der Waals surface area contributed by atoms with Crippen LogP contribution in [-0.2, 0) is 11.3 Å². The number of aromatic nitrogens is 3. The number of anilines is 2. The Bertz CT molecular complexity index is 1550. The average molecular weight is 445 g/mol. The summed E-state index contributed by atoms with van der Waals surface area (Å²) in [7, 11) is 0. The number of carbonyl (C=O) groups excluding carboxylic acids is 1. The monoisotopic (exact) mass is 444 g/mol. The molecule has 0 fully saturated rings. The Labute approximate surface area is 187 Å². The van der Waals surface area contributed by atoms with Gasteiger partial charge < -0.3 is 4.42 Å². The summed E-state index contributed by atoms with van der Waals surface area (Å²) in [6.07, 6.45) is 1.51. The van der Waals surface area contributed by atoms with Gasteiger partial charge >= 0.3 is 0 Å². The van der Waals surface area contributed by atoms with Crippen LogP contribution in [0.2, 0.25) is 0 Å². The van der Waals surface area contributed by atoms with Crippen LogP contribution in [0.25, 0.3) is 22.1 Å². The van der Waals surface area contributed by atoms with Crippen molar-refractivity contribution in [1.82, 2.24) is 14.5 Å². The van der Waals surface area contributed by atoms with Gasteiger partial charge in [-0.1, -0.05) is 29.8 Å². The van der Waals surface area contributed by atoms with Gasteiger partial charge in [0.1, 0.15) is 11.1 Å². The third kappa shape index (κ3) is 3.38. The number of benzene rings is 2. The largest absolute Gasteiger partial charge is 0.448 e. The summed E-state index contributed by atoms with van der Waals surface area (Å²) < 4.78 is 7.22. The first kappa shape index (κ1) is 20.1. The fourth-order valence-electron chi connectivity index (χ4n) is 3.84. The molecule has 3 heterocycles. The van der Waals surface area contributed by atoms with Gasteiger partial charge in [-0.15, -0.1) is 11.3 Å². The van der Waals surface area contributed by atoms with Crippen LogP contribution in [0.15, 0.2) is 63.4 Å². The molecule has 0 unspecified atom stereocenters. The fourth-order valence-corrected chi connectivity index (χ4v) is 4.71. The highest BCUT2D eigenvalue weighted by molar-refractivity contribution is 7.14. The molecule has 0 aliphatic heterocycles. The lowest BCUT2D eigenvalue weighted by molar-refractivity contribution is -0.115. The number of aryl methyl sites for hydroxylation is 2. The maximum absolute atomic E-state index is 13.0. The molecule has 0 atom stereocenters. The predicted octanol–water partition coefficient (Wildman–Crippen LogP) is 4.95. The zero-order chi connectivity index (χ0) is 22.4. The number of furan rings is 1. The highest BCUT2D eigenvalue weighted by Gasteiger charge is 2.20. The lowest BCUT2D eigenvalue weighted by Gasteiger charge is -2.20. The van der Waals surface area contributed by atoms with Gasteiger partial charge in [0, 0.05) is 17.7 Å². The van der Waals surface area contributed by atoms with Crippen molar-refractivity contribution < 1.29 is 9.21 Å². The second-order valence-electron chi connectivity index (χ2n) is 7.72. The number of nitrogens with zero attached hydrogens (tertiary/aromatic N) is 4. The van der Waals surface area contributed by atoms with Crippen LogP contribution in [0.5, 0.6) is 0 Å². The van der Waals surface area contributed by atoms with Crippen LogP contribution < -0.4 is 10.5 Å². The van der Waals surface area contributed by atoms with Crippen molar-refractivity contribution >= 4 is 50.1 Å². The molecule has 0 N–H and O–H groups in total. The molecule has 0 saturated heterocycles. The molecule has 5 aromatic rings. The van der Waals surface area contributed by atoms with Crippen molar-refractivity contribution in [2.75, 3.05) is 4.90 Å². The lowest BCUT2D eigenvalue weighted by atomic mass is 10.1. The van der Waals surface area contributed by atoms with Crippen molar-refractivity contribution in [3.8, 4) is 0 Å². The Kier molecular flexibility index (Phi) is 4.86. The molecule has 160 valence electrons. The smallest absolute Gasteiger partial charge is 0.297 e. The van der Waals surface area contributed by atoms with E-state index in [9.17, 15) is 9.59 Å². The Balaban J connectivity index is 1.50. The third-order valence-corrected chi connectivity index (χ3v) is 6.20. The van der Waals surface area contributed by atoms with E-state index >= 15 is 0 Å². The molecule has 7 nitrogen and oxygen atoms in total. The molecule has 8 heteroatoms. The van der Waals surface area contributed by atoms with E-state index in [0.29, 0.717) is 21.9 Å². The molecule has 0 aliphatic rings. The van der Waals surface area contributed by atoms with Crippen LogP contribution in [0, 0.1) is 13.8 Å². The van der Waals surface area contributed by atoms with E-state index in [0.717, 1.165) is 22.2 Å². The molecule has 0 aliphatic carbocycles. The van der Waals surface area contributed by atoms with Crippen molar-refractivity contribution in [2.24, 2.45) is 0 Å². The van der Waals surface area contributed by atoms with Crippen molar-refractivity contribution in [3.05, 3.63) is 81.3 Å². The summed E-state index contributed by atoms with van der Waals surface area (Å²) in [6, 6.07) is 13.4. The average Bonchev–Trinajstić information content (AvgIpc) is 3.37. The molecule has 32 heavy (non-hydrogen) atoms. The van der Waals surface area contributed by atoms with E-state index in [4.69, 9.17) is 4.42 Å². The van der Waals surface area contributed by atoms with E-state index in [1.165, 1.54) is 29.2 Å². The van der Waals surface area contributed by atoms with Gasteiger partial charge in [0.05, 0.1) is 24.3 Å². The van der Waals surface area contributed by atoms with E-state index in [2.05, 4.69) is 9.97 Å². The highest BCUT2D eigenvalue weighted by atomic mass is 32.1. The number of carbonyl (C=O) groups is 1.